The highest BCUT2D eigenvalue weighted by Gasteiger charge is 2.53. The quantitative estimate of drug-likeness (QED) is 0.706. The minimum Gasteiger partial charge on any atom is -0.352 e. The number of aromatic nitrogens is 4. The zero-order chi connectivity index (χ0) is 20.9. The number of tetrazole rings is 1. The zero-order valence-corrected chi connectivity index (χ0v) is 18.9. The Morgan fingerprint density at radius 1 is 1.20 bits per heavy atom. The number of hydrogen-bond acceptors (Lipinski definition) is 5. The highest BCUT2D eigenvalue weighted by atomic mass is 32.2. The molecule has 4 fully saturated rings. The summed E-state index contributed by atoms with van der Waals surface area (Å²) in [6, 6.07) is 6.44. The second kappa shape index (κ2) is 7.66. The van der Waals surface area contributed by atoms with Crippen molar-refractivity contribution < 1.29 is 4.79 Å². The van der Waals surface area contributed by atoms with Crippen LogP contribution < -0.4 is 5.32 Å². The van der Waals surface area contributed by atoms with E-state index in [1.807, 2.05) is 6.07 Å². The predicted octanol–water partition coefficient (Wildman–Crippen LogP) is 4.09. The van der Waals surface area contributed by atoms with Gasteiger partial charge in [-0.2, -0.15) is 4.68 Å². The molecule has 1 aromatic carbocycles. The van der Waals surface area contributed by atoms with Crippen LogP contribution >= 0.6 is 11.8 Å². The smallest absolute Gasteiger partial charge is 0.230 e. The lowest BCUT2D eigenvalue weighted by atomic mass is 9.48. The van der Waals surface area contributed by atoms with Gasteiger partial charge in [0.1, 0.15) is 0 Å². The summed E-state index contributed by atoms with van der Waals surface area (Å²) >= 11 is 1.40. The number of nitrogens with zero attached hydrogens (tertiary/aromatic N) is 4. The number of benzene rings is 1. The van der Waals surface area contributed by atoms with E-state index in [1.165, 1.54) is 55.9 Å². The average Bonchev–Trinajstić information content (AvgIpc) is 3.13. The fraction of sp³-hybridized carbons (Fsp3) is 0.652. The van der Waals surface area contributed by atoms with Gasteiger partial charge in [0.2, 0.25) is 11.1 Å². The first-order chi connectivity index (χ1) is 14.4. The van der Waals surface area contributed by atoms with E-state index in [-0.39, 0.29) is 11.9 Å². The van der Waals surface area contributed by atoms with E-state index < -0.39 is 0 Å². The fourth-order valence-electron chi connectivity index (χ4n) is 6.74. The van der Waals surface area contributed by atoms with Crippen LogP contribution in [0.25, 0.3) is 5.69 Å². The van der Waals surface area contributed by atoms with Gasteiger partial charge in [-0.15, -0.1) is 5.10 Å². The number of nitrogens with one attached hydrogen (secondary N) is 1. The molecule has 0 unspecified atom stereocenters. The SMILES string of the molecule is Cc1ccc(-n2nnnc2SCC(=O)N[C@@H](C)C23CC4CC(CC(C4)C2)C3)c(C)c1. The van der Waals surface area contributed by atoms with Crippen LogP contribution in [-0.2, 0) is 4.79 Å². The van der Waals surface area contributed by atoms with Crippen molar-refractivity contribution in [1.29, 1.82) is 0 Å². The minimum atomic E-state index is 0.0819. The standard InChI is InChI=1S/C23H31N5OS/c1-14-4-5-20(15(2)6-14)28-22(25-26-27-28)30-13-21(29)24-16(3)23-10-17-7-18(11-23)9-19(8-17)12-23/h4-6,16-19H,7-13H2,1-3H3,(H,24,29)/t16-,17?,18?,19?,23?/m0/s1. The number of rotatable bonds is 6. The van der Waals surface area contributed by atoms with Crippen LogP contribution in [0.5, 0.6) is 0 Å². The van der Waals surface area contributed by atoms with Crippen LogP contribution in [0.2, 0.25) is 0 Å². The minimum absolute atomic E-state index is 0.0819. The maximum absolute atomic E-state index is 12.8. The molecule has 4 bridgehead atoms. The third-order valence-corrected chi connectivity index (χ3v) is 8.65. The largest absolute Gasteiger partial charge is 0.352 e. The highest BCUT2D eigenvalue weighted by Crippen LogP contribution is 2.61. The van der Waals surface area contributed by atoms with Crippen LogP contribution in [0.1, 0.15) is 56.6 Å². The van der Waals surface area contributed by atoms with Crippen LogP contribution in [-0.4, -0.2) is 37.9 Å². The summed E-state index contributed by atoms with van der Waals surface area (Å²) in [7, 11) is 0. The monoisotopic (exact) mass is 425 g/mol. The summed E-state index contributed by atoms with van der Waals surface area (Å²) in [6.45, 7) is 6.36. The number of hydrogen-bond donors (Lipinski definition) is 1. The molecule has 0 spiro atoms. The molecule has 160 valence electrons. The summed E-state index contributed by atoms with van der Waals surface area (Å²) in [4.78, 5) is 12.8. The molecule has 0 aliphatic heterocycles. The van der Waals surface area contributed by atoms with Crippen LogP contribution in [0, 0.1) is 37.0 Å². The fourth-order valence-corrected chi connectivity index (χ4v) is 7.43. The van der Waals surface area contributed by atoms with E-state index in [0.717, 1.165) is 29.0 Å². The molecule has 4 saturated carbocycles. The Morgan fingerprint density at radius 3 is 2.50 bits per heavy atom. The molecular weight excluding hydrogens is 394 g/mol. The zero-order valence-electron chi connectivity index (χ0n) is 18.1. The molecule has 0 radical (unpaired) electrons. The van der Waals surface area contributed by atoms with E-state index in [0.29, 0.717) is 16.3 Å². The average molecular weight is 426 g/mol. The molecular formula is C23H31N5OS. The van der Waals surface area contributed by atoms with Gasteiger partial charge in [0.15, 0.2) is 0 Å². The lowest BCUT2D eigenvalue weighted by Gasteiger charge is -2.59. The molecule has 1 amide bonds. The van der Waals surface area contributed by atoms with Gasteiger partial charge in [-0.1, -0.05) is 29.5 Å². The number of carbonyl (C=O) groups is 1. The molecule has 1 N–H and O–H groups in total. The van der Waals surface area contributed by atoms with Crippen molar-refractivity contribution in [3.8, 4) is 5.69 Å². The van der Waals surface area contributed by atoms with Gasteiger partial charge in [0, 0.05) is 6.04 Å². The molecule has 2 aromatic rings. The summed E-state index contributed by atoms with van der Waals surface area (Å²) in [5.74, 6) is 3.10. The molecule has 1 aromatic heterocycles. The maximum Gasteiger partial charge on any atom is 0.230 e. The van der Waals surface area contributed by atoms with Crippen LogP contribution in [0.3, 0.4) is 0 Å². The van der Waals surface area contributed by atoms with E-state index in [1.54, 1.807) is 4.68 Å². The van der Waals surface area contributed by atoms with Crippen molar-refractivity contribution in [1.82, 2.24) is 25.5 Å². The summed E-state index contributed by atoms with van der Waals surface area (Å²) in [6.07, 6.45) is 8.19. The van der Waals surface area contributed by atoms with Crippen molar-refractivity contribution in [2.75, 3.05) is 5.75 Å². The van der Waals surface area contributed by atoms with Gasteiger partial charge in [0.05, 0.1) is 11.4 Å². The molecule has 6 nitrogen and oxygen atoms in total. The second-order valence-electron chi connectivity index (χ2n) is 10.0. The summed E-state index contributed by atoms with van der Waals surface area (Å²) in [5, 5.41) is 16.1. The normalized spacial score (nSPS) is 30.4. The number of thioether (sulfide) groups is 1. The van der Waals surface area contributed by atoms with Gasteiger partial charge >= 0.3 is 0 Å². The van der Waals surface area contributed by atoms with Crippen molar-refractivity contribution in [3.63, 3.8) is 0 Å². The van der Waals surface area contributed by atoms with Crippen molar-refractivity contribution >= 4 is 17.7 Å². The second-order valence-corrected chi connectivity index (χ2v) is 11.0. The lowest BCUT2D eigenvalue weighted by molar-refractivity contribution is -0.123. The van der Waals surface area contributed by atoms with Crippen molar-refractivity contribution in [2.24, 2.45) is 23.2 Å². The number of amides is 1. The Kier molecular flexibility index (Phi) is 5.12. The Balaban J connectivity index is 1.22. The van der Waals surface area contributed by atoms with Crippen LogP contribution in [0.4, 0.5) is 0 Å². The molecule has 30 heavy (non-hydrogen) atoms. The Hall–Kier alpha value is -1.89. The predicted molar refractivity (Wildman–Crippen MR) is 118 cm³/mol. The molecule has 6 rings (SSSR count). The third kappa shape index (κ3) is 3.66. The number of aryl methyl sites for hydroxylation is 2. The first-order valence-electron chi connectivity index (χ1n) is 11.2. The molecule has 4 aliphatic rings. The summed E-state index contributed by atoms with van der Waals surface area (Å²) < 4.78 is 1.73. The van der Waals surface area contributed by atoms with E-state index >= 15 is 0 Å². The molecule has 0 saturated heterocycles. The van der Waals surface area contributed by atoms with E-state index in [9.17, 15) is 4.79 Å². The van der Waals surface area contributed by atoms with E-state index in [2.05, 4.69) is 53.7 Å². The molecule has 4 aliphatic carbocycles. The maximum atomic E-state index is 12.8. The van der Waals surface area contributed by atoms with Gasteiger partial charge in [-0.3, -0.25) is 4.79 Å². The molecule has 7 heteroatoms. The molecule has 1 heterocycles. The van der Waals surface area contributed by atoms with Gasteiger partial charge in [-0.05, 0) is 105 Å². The van der Waals surface area contributed by atoms with Gasteiger partial charge in [-0.25, -0.2) is 0 Å². The lowest BCUT2D eigenvalue weighted by Crippen LogP contribution is -2.56. The van der Waals surface area contributed by atoms with Gasteiger partial charge in [0.25, 0.3) is 0 Å². The van der Waals surface area contributed by atoms with Crippen molar-refractivity contribution in [3.05, 3.63) is 29.3 Å². The highest BCUT2D eigenvalue weighted by molar-refractivity contribution is 7.99. The summed E-state index contributed by atoms with van der Waals surface area (Å²) in [5.41, 5.74) is 3.60. The first-order valence-corrected chi connectivity index (χ1v) is 12.2. The number of carbonyl (C=O) groups excluding carboxylic acids is 1. The topological polar surface area (TPSA) is 72.7 Å². The Labute approximate surface area is 182 Å². The van der Waals surface area contributed by atoms with Gasteiger partial charge < -0.3 is 5.32 Å². The first kappa shape index (κ1) is 20.0. The molecule has 1 atom stereocenters. The Morgan fingerprint density at radius 2 is 1.87 bits per heavy atom. The third-order valence-electron chi connectivity index (χ3n) is 7.74. The van der Waals surface area contributed by atoms with Crippen LogP contribution in [0.15, 0.2) is 23.4 Å². The van der Waals surface area contributed by atoms with Crippen molar-refractivity contribution in [2.45, 2.75) is 70.5 Å². The Bertz CT molecular complexity index is 920. The van der Waals surface area contributed by atoms with E-state index in [4.69, 9.17) is 0 Å².